The van der Waals surface area contributed by atoms with E-state index in [1.165, 1.54) is 25.7 Å². The van der Waals surface area contributed by atoms with E-state index in [1.807, 2.05) is 13.8 Å². The molecule has 3 aliphatic rings. The predicted molar refractivity (Wildman–Crippen MR) is 117 cm³/mol. The molecule has 3 unspecified atom stereocenters. The first-order valence-electron chi connectivity index (χ1n) is 11.7. The molecular formula is C23H33F3N4O5. The summed E-state index contributed by atoms with van der Waals surface area (Å²) < 4.78 is 38.8. The Morgan fingerprint density at radius 1 is 1.06 bits per heavy atom. The Morgan fingerprint density at radius 2 is 1.63 bits per heavy atom. The van der Waals surface area contributed by atoms with Crippen molar-refractivity contribution in [3.63, 3.8) is 0 Å². The van der Waals surface area contributed by atoms with E-state index in [1.54, 1.807) is 5.32 Å². The Bertz CT molecular complexity index is 938. The molecule has 2 aliphatic carbocycles. The minimum Gasteiger partial charge on any atom is -0.363 e. The van der Waals surface area contributed by atoms with E-state index < -0.39 is 59.1 Å². The van der Waals surface area contributed by atoms with Gasteiger partial charge in [-0.3, -0.25) is 24.0 Å². The van der Waals surface area contributed by atoms with E-state index in [-0.39, 0.29) is 36.1 Å². The number of Topliss-reactive ketones (excluding diaryl/α,β-unsaturated/α-hetero) is 1. The van der Waals surface area contributed by atoms with Gasteiger partial charge in [0.2, 0.25) is 17.6 Å². The zero-order chi connectivity index (χ0) is 26.7. The van der Waals surface area contributed by atoms with Crippen molar-refractivity contribution in [2.45, 2.75) is 78.2 Å². The molecule has 1 heterocycles. The Hall–Kier alpha value is -2.66. The van der Waals surface area contributed by atoms with Gasteiger partial charge in [0.05, 0.1) is 6.04 Å². The number of halogens is 3. The molecule has 35 heavy (non-hydrogen) atoms. The summed E-state index contributed by atoms with van der Waals surface area (Å²) in [5.41, 5.74) is 3.76. The number of nitrogens with two attached hydrogens (primary N) is 1. The molecule has 2 saturated carbocycles. The van der Waals surface area contributed by atoms with Gasteiger partial charge in [0.1, 0.15) is 12.1 Å². The number of alkyl halides is 3. The molecule has 3 fully saturated rings. The van der Waals surface area contributed by atoms with E-state index >= 15 is 0 Å². The third-order valence-corrected chi connectivity index (χ3v) is 7.55. The van der Waals surface area contributed by atoms with Crippen molar-refractivity contribution in [3.8, 4) is 0 Å². The second kappa shape index (κ2) is 8.77. The van der Waals surface area contributed by atoms with Gasteiger partial charge in [0.25, 0.3) is 5.91 Å². The Kier molecular flexibility index (Phi) is 6.75. The van der Waals surface area contributed by atoms with Crippen molar-refractivity contribution in [2.75, 3.05) is 6.54 Å². The highest BCUT2D eigenvalue weighted by atomic mass is 19.4. The van der Waals surface area contributed by atoms with Crippen molar-refractivity contribution in [1.29, 1.82) is 0 Å². The van der Waals surface area contributed by atoms with Gasteiger partial charge in [-0.15, -0.1) is 0 Å². The third-order valence-electron chi connectivity index (χ3n) is 7.55. The van der Waals surface area contributed by atoms with Crippen molar-refractivity contribution in [3.05, 3.63) is 0 Å². The number of piperidine rings is 1. The number of carbonyl (C=O) groups is 5. The first-order chi connectivity index (χ1) is 15.9. The Morgan fingerprint density at radius 3 is 2.09 bits per heavy atom. The van der Waals surface area contributed by atoms with Crippen LogP contribution in [0, 0.1) is 28.6 Å². The average molecular weight is 503 g/mol. The predicted octanol–water partition coefficient (Wildman–Crippen LogP) is 0.902. The summed E-state index contributed by atoms with van der Waals surface area (Å²) >= 11 is 0. The van der Waals surface area contributed by atoms with Crippen LogP contribution in [0.5, 0.6) is 0 Å². The summed E-state index contributed by atoms with van der Waals surface area (Å²) in [4.78, 5) is 63.6. The summed E-state index contributed by atoms with van der Waals surface area (Å²) in [7, 11) is 0. The maximum atomic E-state index is 13.5. The molecule has 4 N–H and O–H groups in total. The minimum absolute atomic E-state index is 0.0742. The molecule has 0 radical (unpaired) electrons. The highest BCUT2D eigenvalue weighted by Crippen LogP contribution is 2.65. The second-order valence-corrected chi connectivity index (χ2v) is 11.6. The monoisotopic (exact) mass is 502 g/mol. The molecule has 0 aromatic rings. The van der Waals surface area contributed by atoms with E-state index in [0.717, 1.165) is 12.8 Å². The first-order valence-corrected chi connectivity index (χ1v) is 11.7. The minimum atomic E-state index is -5.18. The third kappa shape index (κ3) is 5.45. The van der Waals surface area contributed by atoms with Crippen LogP contribution in [0.4, 0.5) is 13.2 Å². The maximum absolute atomic E-state index is 13.5. The lowest BCUT2D eigenvalue weighted by atomic mass is 9.85. The smallest absolute Gasteiger partial charge is 0.363 e. The number of amides is 4. The highest BCUT2D eigenvalue weighted by Gasteiger charge is 2.70. The number of nitrogens with one attached hydrogen (secondary N) is 2. The van der Waals surface area contributed by atoms with Crippen LogP contribution in [0.3, 0.4) is 0 Å². The molecule has 0 aromatic heterocycles. The quantitative estimate of drug-likeness (QED) is 0.424. The lowest BCUT2D eigenvalue weighted by Crippen LogP contribution is -2.61. The van der Waals surface area contributed by atoms with Crippen LogP contribution in [-0.2, 0) is 24.0 Å². The molecule has 9 nitrogen and oxygen atoms in total. The average Bonchev–Trinajstić information content (AvgIpc) is 3.55. The van der Waals surface area contributed by atoms with Crippen LogP contribution in [-0.4, -0.2) is 65.2 Å². The normalized spacial score (nSPS) is 26.9. The number of hydrogen-bond donors (Lipinski definition) is 3. The van der Waals surface area contributed by atoms with Crippen molar-refractivity contribution >= 4 is 29.4 Å². The molecule has 1 saturated heterocycles. The maximum Gasteiger partial charge on any atom is 0.471 e. The zero-order valence-corrected chi connectivity index (χ0v) is 20.5. The van der Waals surface area contributed by atoms with Crippen LogP contribution in [0.25, 0.3) is 0 Å². The second-order valence-electron chi connectivity index (χ2n) is 11.6. The summed E-state index contributed by atoms with van der Waals surface area (Å²) in [6.45, 7) is 8.51. The Labute approximate surface area is 201 Å². The number of hydrogen-bond acceptors (Lipinski definition) is 5. The fourth-order valence-electron chi connectivity index (χ4n) is 5.19. The van der Waals surface area contributed by atoms with Gasteiger partial charge in [0, 0.05) is 6.54 Å². The molecule has 0 bridgehead atoms. The summed E-state index contributed by atoms with van der Waals surface area (Å²) in [6.07, 6.45) is -3.22. The van der Waals surface area contributed by atoms with E-state index in [0.29, 0.717) is 0 Å². The van der Waals surface area contributed by atoms with Crippen molar-refractivity contribution in [1.82, 2.24) is 15.5 Å². The van der Waals surface area contributed by atoms with Gasteiger partial charge in [-0.2, -0.15) is 13.2 Å². The van der Waals surface area contributed by atoms with Gasteiger partial charge >= 0.3 is 12.1 Å². The molecule has 5 atom stereocenters. The molecule has 3 rings (SSSR count). The molecule has 196 valence electrons. The van der Waals surface area contributed by atoms with Crippen LogP contribution >= 0.6 is 0 Å². The lowest BCUT2D eigenvalue weighted by Gasteiger charge is -2.38. The zero-order valence-electron chi connectivity index (χ0n) is 20.5. The number of carbonyl (C=O) groups excluding carboxylic acids is 5. The van der Waals surface area contributed by atoms with Gasteiger partial charge in [0.15, 0.2) is 0 Å². The van der Waals surface area contributed by atoms with Crippen molar-refractivity contribution < 1.29 is 37.1 Å². The number of likely N-dealkylation sites (tertiary alicyclic amines) is 1. The molecule has 4 amide bonds. The summed E-state index contributed by atoms with van der Waals surface area (Å²) in [5, 5.41) is 4.37. The summed E-state index contributed by atoms with van der Waals surface area (Å²) in [6, 6.07) is -3.73. The van der Waals surface area contributed by atoms with Crippen LogP contribution < -0.4 is 16.4 Å². The largest absolute Gasteiger partial charge is 0.471 e. The summed E-state index contributed by atoms with van der Waals surface area (Å²) in [5.74, 6) is -6.00. The van der Waals surface area contributed by atoms with Crippen LogP contribution in [0.2, 0.25) is 0 Å². The lowest BCUT2D eigenvalue weighted by molar-refractivity contribution is -0.176. The van der Waals surface area contributed by atoms with Gasteiger partial charge in [-0.25, -0.2) is 0 Å². The Balaban J connectivity index is 1.86. The SMILES string of the molecule is CC(C)(C)C(NC(=O)C(F)(F)F)C(=O)N1C[C@H]2C([C@H]1C(=O)NC(CC1CC1)C(=O)C(N)=O)C2(C)C. The number of nitrogens with zero attached hydrogens (tertiary/aromatic N) is 1. The van der Waals surface area contributed by atoms with E-state index in [2.05, 4.69) is 5.32 Å². The van der Waals surface area contributed by atoms with Crippen LogP contribution in [0.15, 0.2) is 0 Å². The van der Waals surface area contributed by atoms with Gasteiger partial charge < -0.3 is 21.3 Å². The first kappa shape index (κ1) is 26.9. The topological polar surface area (TPSA) is 139 Å². The van der Waals surface area contributed by atoms with Crippen molar-refractivity contribution in [2.24, 2.45) is 34.3 Å². The molecule has 0 aromatic carbocycles. The molecule has 0 spiro atoms. The number of fused-ring (bicyclic) bond motifs is 1. The number of rotatable bonds is 8. The number of primary amides is 1. The molecule has 1 aliphatic heterocycles. The fourth-order valence-corrected chi connectivity index (χ4v) is 5.19. The fraction of sp³-hybridized carbons (Fsp3) is 0.783. The highest BCUT2D eigenvalue weighted by molar-refractivity contribution is 6.37. The molecular weight excluding hydrogens is 469 g/mol. The van der Waals surface area contributed by atoms with Gasteiger partial charge in [-0.1, -0.05) is 47.5 Å². The van der Waals surface area contributed by atoms with Gasteiger partial charge in [-0.05, 0) is 35.0 Å². The van der Waals surface area contributed by atoms with Crippen LogP contribution in [0.1, 0.15) is 53.9 Å². The molecule has 12 heteroatoms. The standard InChI is InChI=1S/C23H33F3N4O5/c1-21(2,3)16(29-20(35)23(24,25)26)19(34)30-9-11-13(22(11,4)5)14(30)18(33)28-12(8-10-6-7-10)15(31)17(27)32/h10-14,16H,6-9H2,1-5H3,(H2,27,32)(H,28,33)(H,29,35)/t11-,12?,13?,14-,16?/m0/s1. The van der Waals surface area contributed by atoms with E-state index in [9.17, 15) is 37.1 Å². The number of ketones is 1. The van der Waals surface area contributed by atoms with E-state index in [4.69, 9.17) is 5.73 Å².